The fraction of sp³-hybridized carbons (Fsp3) is 0.400. The fourth-order valence-electron chi connectivity index (χ4n) is 8.86. The van der Waals surface area contributed by atoms with E-state index in [1.54, 1.807) is 12.1 Å². The lowest BCUT2D eigenvalue weighted by Gasteiger charge is -2.48. The summed E-state index contributed by atoms with van der Waals surface area (Å²) >= 11 is 0. The molecule has 3 aromatic carbocycles. The molecular formula is C40H46N4O5Si. The van der Waals surface area contributed by atoms with E-state index < -0.39 is 19.6 Å². The number of hydrogen-bond acceptors (Lipinski definition) is 7. The summed E-state index contributed by atoms with van der Waals surface area (Å²) in [6.45, 7) is 12.5. The quantitative estimate of drug-likeness (QED) is 0.189. The molecule has 260 valence electrons. The van der Waals surface area contributed by atoms with Crippen molar-refractivity contribution in [1.29, 1.82) is 0 Å². The number of nitrogens with one attached hydrogen (secondary N) is 1. The molecule has 0 radical (unpaired) electrons. The maximum absolute atomic E-state index is 13.9. The number of anilines is 2. The Morgan fingerprint density at radius 3 is 1.86 bits per heavy atom. The van der Waals surface area contributed by atoms with Gasteiger partial charge in [0.15, 0.2) is 5.60 Å². The molecule has 3 aromatic rings. The Labute approximate surface area is 295 Å². The Bertz CT molecular complexity index is 1820. The topological polar surface area (TPSA) is 99.3 Å². The minimum Gasteiger partial charge on any atom is -0.441 e. The SMILES string of the molecule is CCN(CC)c1ccc2c(c1)[Si]1(CCCCC1)c1cc(N(CC)CC)ccc1C21OC(=O)c2ccc(C(=O)NCCN3C(=O)C=CC3=O)cc21. The second-order valence-electron chi connectivity index (χ2n) is 13.7. The third-order valence-electron chi connectivity index (χ3n) is 11.4. The number of rotatable bonds is 10. The summed E-state index contributed by atoms with van der Waals surface area (Å²) in [4.78, 5) is 57.4. The number of esters is 1. The monoisotopic (exact) mass is 690 g/mol. The average molecular weight is 691 g/mol. The van der Waals surface area contributed by atoms with Crippen LogP contribution in [-0.2, 0) is 19.9 Å². The van der Waals surface area contributed by atoms with Gasteiger partial charge in [0.2, 0.25) is 0 Å². The number of fused-ring (bicyclic) bond motifs is 8. The van der Waals surface area contributed by atoms with Gasteiger partial charge in [-0.3, -0.25) is 19.3 Å². The zero-order valence-corrected chi connectivity index (χ0v) is 30.5. The highest BCUT2D eigenvalue weighted by molar-refractivity contribution is 7.03. The van der Waals surface area contributed by atoms with Crippen molar-refractivity contribution in [3.8, 4) is 0 Å². The number of carbonyl (C=O) groups is 4. The van der Waals surface area contributed by atoms with E-state index in [4.69, 9.17) is 4.74 Å². The highest BCUT2D eigenvalue weighted by Gasteiger charge is 2.58. The van der Waals surface area contributed by atoms with Crippen LogP contribution in [0, 0.1) is 0 Å². The summed E-state index contributed by atoms with van der Waals surface area (Å²) in [6.07, 6.45) is 6.04. The lowest BCUT2D eigenvalue weighted by atomic mass is 9.78. The summed E-state index contributed by atoms with van der Waals surface area (Å²) in [5, 5.41) is 5.55. The minimum atomic E-state index is -2.32. The fourth-order valence-corrected chi connectivity index (χ4v) is 14.6. The first-order chi connectivity index (χ1) is 24.2. The molecule has 9 nitrogen and oxygen atoms in total. The van der Waals surface area contributed by atoms with Crippen LogP contribution in [0.3, 0.4) is 0 Å². The molecule has 1 fully saturated rings. The average Bonchev–Trinajstić information content (AvgIpc) is 3.62. The first-order valence-corrected chi connectivity index (χ1v) is 20.6. The van der Waals surface area contributed by atoms with Gasteiger partial charge in [0.1, 0.15) is 8.07 Å². The van der Waals surface area contributed by atoms with Crippen LogP contribution in [0.2, 0.25) is 12.1 Å². The molecule has 4 aliphatic rings. The Hall–Kier alpha value is -4.70. The Balaban J connectivity index is 1.39. The van der Waals surface area contributed by atoms with E-state index in [0.717, 1.165) is 54.3 Å². The number of nitrogens with zero attached hydrogens (tertiary/aromatic N) is 3. The van der Waals surface area contributed by atoms with Gasteiger partial charge >= 0.3 is 5.97 Å². The number of ether oxygens (including phenoxy) is 1. The van der Waals surface area contributed by atoms with E-state index in [2.05, 4.69) is 79.2 Å². The molecule has 4 heterocycles. The van der Waals surface area contributed by atoms with Gasteiger partial charge < -0.3 is 19.9 Å². The second kappa shape index (κ2) is 13.2. The number of carbonyl (C=O) groups excluding carboxylic acids is 4. The molecule has 0 bridgehead atoms. The molecular weight excluding hydrogens is 645 g/mol. The van der Waals surface area contributed by atoms with Crippen molar-refractivity contribution in [3.05, 3.63) is 94.6 Å². The van der Waals surface area contributed by atoms with Crippen molar-refractivity contribution >= 4 is 53.5 Å². The van der Waals surface area contributed by atoms with Gasteiger partial charge in [0, 0.05) is 85.0 Å². The minimum absolute atomic E-state index is 0.0735. The number of hydrogen-bond donors (Lipinski definition) is 1. The van der Waals surface area contributed by atoms with Crippen LogP contribution in [0.25, 0.3) is 0 Å². The van der Waals surface area contributed by atoms with Gasteiger partial charge in [-0.05, 0) is 92.6 Å². The normalized spacial score (nSPS) is 17.8. The molecule has 2 spiro atoms. The summed E-state index contributed by atoms with van der Waals surface area (Å²) < 4.78 is 6.70. The predicted octanol–water partition coefficient (Wildman–Crippen LogP) is 4.56. The van der Waals surface area contributed by atoms with Gasteiger partial charge in [0.05, 0.1) is 5.56 Å². The molecule has 4 aliphatic heterocycles. The standard InChI is InChI=1S/C40H46N4O5Si/c1-5-42(6-2)28-13-16-31-34(25-28)50(22-10-9-11-23-50)35-26-29(43(7-3)8-4)14-17-32(35)40(31)33-24-27(12-15-30(33)39(48)49-40)38(47)41-20-21-44-36(45)18-19-37(44)46/h12-19,24-26H,5-11,20-23H2,1-4H3,(H,41,47). The highest BCUT2D eigenvalue weighted by Crippen LogP contribution is 2.51. The summed E-state index contributed by atoms with van der Waals surface area (Å²) in [7, 11) is -2.32. The largest absolute Gasteiger partial charge is 0.441 e. The third kappa shape index (κ3) is 5.18. The van der Waals surface area contributed by atoms with Crippen LogP contribution in [0.4, 0.5) is 11.4 Å². The number of imide groups is 1. The molecule has 0 unspecified atom stereocenters. The lowest BCUT2D eigenvalue weighted by Crippen LogP contribution is -2.67. The lowest BCUT2D eigenvalue weighted by molar-refractivity contribution is -0.136. The van der Waals surface area contributed by atoms with E-state index in [0.29, 0.717) is 16.7 Å². The zero-order chi connectivity index (χ0) is 35.2. The summed E-state index contributed by atoms with van der Waals surface area (Å²) in [5.41, 5.74) is 4.74. The van der Waals surface area contributed by atoms with Crippen molar-refractivity contribution in [2.45, 2.75) is 64.6 Å². The van der Waals surface area contributed by atoms with Gasteiger partial charge in [-0.2, -0.15) is 0 Å². The van der Waals surface area contributed by atoms with E-state index >= 15 is 0 Å². The second-order valence-corrected chi connectivity index (χ2v) is 17.9. The zero-order valence-electron chi connectivity index (χ0n) is 29.5. The van der Waals surface area contributed by atoms with Gasteiger partial charge in [0.25, 0.3) is 17.7 Å². The van der Waals surface area contributed by atoms with Crippen LogP contribution in [0.15, 0.2) is 66.7 Å². The molecule has 3 amide bonds. The van der Waals surface area contributed by atoms with E-state index in [9.17, 15) is 19.2 Å². The first kappa shape index (κ1) is 33.8. The van der Waals surface area contributed by atoms with Gasteiger partial charge in [-0.15, -0.1) is 0 Å². The van der Waals surface area contributed by atoms with Crippen LogP contribution < -0.4 is 25.5 Å². The molecule has 0 aliphatic carbocycles. The molecule has 0 aromatic heterocycles. The summed E-state index contributed by atoms with van der Waals surface area (Å²) in [6, 6.07) is 21.0. The molecule has 0 saturated carbocycles. The number of amides is 3. The van der Waals surface area contributed by atoms with Crippen LogP contribution in [-0.4, -0.2) is 75.9 Å². The first-order valence-electron chi connectivity index (χ1n) is 18.2. The van der Waals surface area contributed by atoms with E-state index in [-0.39, 0.29) is 30.8 Å². The molecule has 50 heavy (non-hydrogen) atoms. The summed E-state index contributed by atoms with van der Waals surface area (Å²) in [5.74, 6) is -1.52. The molecule has 10 heteroatoms. The maximum Gasteiger partial charge on any atom is 0.340 e. The van der Waals surface area contributed by atoms with Crippen molar-refractivity contribution in [2.24, 2.45) is 0 Å². The predicted molar refractivity (Wildman–Crippen MR) is 198 cm³/mol. The smallest absolute Gasteiger partial charge is 0.340 e. The molecule has 1 N–H and O–H groups in total. The Morgan fingerprint density at radius 2 is 1.32 bits per heavy atom. The Morgan fingerprint density at radius 1 is 0.760 bits per heavy atom. The Kier molecular flexibility index (Phi) is 8.92. The number of benzene rings is 3. The van der Waals surface area contributed by atoms with Crippen molar-refractivity contribution in [3.63, 3.8) is 0 Å². The van der Waals surface area contributed by atoms with Crippen LogP contribution in [0.1, 0.15) is 84.4 Å². The van der Waals surface area contributed by atoms with Crippen molar-refractivity contribution in [2.75, 3.05) is 49.1 Å². The maximum atomic E-state index is 13.9. The van der Waals surface area contributed by atoms with Crippen LogP contribution in [0.5, 0.6) is 0 Å². The molecule has 1 saturated heterocycles. The van der Waals surface area contributed by atoms with E-state index in [1.807, 2.05) is 6.07 Å². The molecule has 0 atom stereocenters. The van der Waals surface area contributed by atoms with Crippen LogP contribution >= 0.6 is 0 Å². The highest BCUT2D eigenvalue weighted by atomic mass is 28.3. The van der Waals surface area contributed by atoms with E-state index in [1.165, 1.54) is 53.2 Å². The van der Waals surface area contributed by atoms with Gasteiger partial charge in [-0.25, -0.2) is 4.79 Å². The third-order valence-corrected chi connectivity index (χ3v) is 16.7. The van der Waals surface area contributed by atoms with Crippen molar-refractivity contribution < 1.29 is 23.9 Å². The van der Waals surface area contributed by atoms with Crippen molar-refractivity contribution in [1.82, 2.24) is 10.2 Å². The molecule has 7 rings (SSSR count). The van der Waals surface area contributed by atoms with Gasteiger partial charge in [-0.1, -0.05) is 31.4 Å².